The van der Waals surface area contributed by atoms with E-state index in [0.29, 0.717) is 0 Å². The zero-order chi connectivity index (χ0) is 8.85. The molecule has 0 aliphatic rings. The van der Waals surface area contributed by atoms with E-state index in [2.05, 4.69) is 18.3 Å². The predicted octanol–water partition coefficient (Wildman–Crippen LogP) is 0.104. The number of hydrazine groups is 1. The van der Waals surface area contributed by atoms with Gasteiger partial charge in [0.15, 0.2) is 6.80 Å². The molecular formula is C6H11FN4. The minimum Gasteiger partial charge on any atom is -0.396 e. The fraction of sp³-hybridized carbons (Fsp3) is 0.167. The van der Waals surface area contributed by atoms with E-state index in [4.69, 9.17) is 11.6 Å². The Bertz CT molecular complexity index is 187. The van der Waals surface area contributed by atoms with Crippen molar-refractivity contribution < 1.29 is 4.39 Å². The summed E-state index contributed by atoms with van der Waals surface area (Å²) in [6.45, 7) is 5.81. The summed E-state index contributed by atoms with van der Waals surface area (Å²) in [5.41, 5.74) is 5.81. The van der Waals surface area contributed by atoms with Crippen LogP contribution in [0, 0.1) is 0 Å². The maximum absolute atomic E-state index is 11.7. The van der Waals surface area contributed by atoms with Gasteiger partial charge in [-0.1, -0.05) is 6.58 Å². The van der Waals surface area contributed by atoms with Gasteiger partial charge < -0.3 is 5.73 Å². The average Bonchev–Trinajstić information content (AvgIpc) is 2.02. The van der Waals surface area contributed by atoms with Crippen molar-refractivity contribution in [1.82, 2.24) is 5.01 Å². The molecule has 0 aromatic carbocycles. The average molecular weight is 158 g/mol. The Morgan fingerprint density at radius 1 is 1.73 bits per heavy atom. The van der Waals surface area contributed by atoms with E-state index in [1.807, 2.05) is 0 Å². The summed E-state index contributed by atoms with van der Waals surface area (Å²) in [7, 11) is 0. The Kier molecular flexibility index (Phi) is 3.90. The van der Waals surface area contributed by atoms with Gasteiger partial charge >= 0.3 is 0 Å². The lowest BCUT2D eigenvalue weighted by Gasteiger charge is -2.08. The summed E-state index contributed by atoms with van der Waals surface area (Å²) in [5, 5.41) is 0.783. The van der Waals surface area contributed by atoms with Gasteiger partial charge in [0.25, 0.3) is 0 Å². The molecule has 0 unspecified atom stereocenters. The van der Waals surface area contributed by atoms with Crippen LogP contribution < -0.4 is 11.6 Å². The van der Waals surface area contributed by atoms with Crippen LogP contribution in [0.25, 0.3) is 0 Å². The van der Waals surface area contributed by atoms with Crippen LogP contribution in [0.2, 0.25) is 0 Å². The smallest absolute Gasteiger partial charge is 0.174 e. The second-order valence-electron chi connectivity index (χ2n) is 1.82. The number of rotatable bonds is 4. The Hall–Kier alpha value is -1.36. The van der Waals surface area contributed by atoms with Crippen LogP contribution in [0.1, 0.15) is 0 Å². The van der Waals surface area contributed by atoms with Crippen molar-refractivity contribution in [2.75, 3.05) is 6.80 Å². The lowest BCUT2D eigenvalue weighted by atomic mass is 10.4. The summed E-state index contributed by atoms with van der Waals surface area (Å²) in [4.78, 5) is 3.43. The van der Waals surface area contributed by atoms with Gasteiger partial charge in [-0.25, -0.2) is 10.2 Å². The van der Waals surface area contributed by atoms with Crippen molar-refractivity contribution in [2.45, 2.75) is 0 Å². The summed E-state index contributed by atoms with van der Waals surface area (Å²) < 4.78 is 11.7. The molecule has 11 heavy (non-hydrogen) atoms. The first-order chi connectivity index (χ1) is 5.11. The van der Waals surface area contributed by atoms with Gasteiger partial charge in [-0.2, -0.15) is 0 Å². The minimum absolute atomic E-state index is 0.195. The Balaban J connectivity index is 4.20. The lowest BCUT2D eigenvalue weighted by Crippen LogP contribution is -2.25. The third-order valence-corrected chi connectivity index (χ3v) is 0.967. The zero-order valence-corrected chi connectivity index (χ0v) is 6.13. The van der Waals surface area contributed by atoms with E-state index in [1.54, 1.807) is 0 Å². The van der Waals surface area contributed by atoms with Gasteiger partial charge in [-0.15, -0.1) is 0 Å². The standard InChI is InChI=1S/C6H11FN4/c1-5(10-2)6(8)3-11(9)4-7/h3H,1-2,4,8-9H2/b6-3-. The molecule has 62 valence electrons. The Morgan fingerprint density at radius 3 is 2.64 bits per heavy atom. The fourth-order valence-electron chi connectivity index (χ4n) is 0.379. The molecule has 0 amide bonds. The van der Waals surface area contributed by atoms with E-state index < -0.39 is 6.80 Å². The molecule has 0 saturated carbocycles. The molecule has 0 bridgehead atoms. The van der Waals surface area contributed by atoms with Crippen molar-refractivity contribution in [3.63, 3.8) is 0 Å². The van der Waals surface area contributed by atoms with Crippen molar-refractivity contribution in [3.8, 4) is 0 Å². The number of alkyl halides is 1. The number of nitrogens with zero attached hydrogens (tertiary/aromatic N) is 2. The van der Waals surface area contributed by atoms with Crippen molar-refractivity contribution in [1.29, 1.82) is 0 Å². The Labute approximate surface area is 64.7 Å². The molecule has 4 N–H and O–H groups in total. The summed E-state index contributed by atoms with van der Waals surface area (Å²) in [6, 6.07) is 0. The molecule has 0 atom stereocenters. The second-order valence-corrected chi connectivity index (χ2v) is 1.82. The predicted molar refractivity (Wildman–Crippen MR) is 43.0 cm³/mol. The molecule has 0 aliphatic heterocycles. The van der Waals surface area contributed by atoms with Crippen LogP contribution in [0.3, 0.4) is 0 Å². The van der Waals surface area contributed by atoms with Gasteiger partial charge in [0.05, 0.1) is 11.4 Å². The first kappa shape index (κ1) is 9.64. The highest BCUT2D eigenvalue weighted by Gasteiger charge is 1.95. The monoisotopic (exact) mass is 158 g/mol. The molecule has 4 nitrogen and oxygen atoms in total. The maximum Gasteiger partial charge on any atom is 0.174 e. The number of hydrogen-bond acceptors (Lipinski definition) is 4. The normalized spacial score (nSPS) is 10.9. The minimum atomic E-state index is -0.814. The highest BCUT2D eigenvalue weighted by molar-refractivity contribution is 5.35. The summed E-state index contributed by atoms with van der Waals surface area (Å²) in [5.74, 6) is 5.07. The van der Waals surface area contributed by atoms with Crippen molar-refractivity contribution in [2.24, 2.45) is 16.6 Å². The molecule has 0 aliphatic carbocycles. The quantitative estimate of drug-likeness (QED) is 0.200. The lowest BCUT2D eigenvalue weighted by molar-refractivity contribution is 0.257. The van der Waals surface area contributed by atoms with Gasteiger partial charge in [0.2, 0.25) is 0 Å². The first-order valence-corrected chi connectivity index (χ1v) is 2.82. The van der Waals surface area contributed by atoms with E-state index in [9.17, 15) is 4.39 Å². The van der Waals surface area contributed by atoms with Gasteiger partial charge in [-0.05, 0) is 6.72 Å². The molecule has 0 fully saturated rings. The number of aliphatic imine (C=N–C) groups is 1. The van der Waals surface area contributed by atoms with Crippen LogP contribution >= 0.6 is 0 Å². The molecule has 0 heterocycles. The van der Waals surface area contributed by atoms with Crippen LogP contribution in [-0.4, -0.2) is 18.5 Å². The summed E-state index contributed by atoms with van der Waals surface area (Å²) >= 11 is 0. The highest BCUT2D eigenvalue weighted by Crippen LogP contribution is 2.00. The van der Waals surface area contributed by atoms with Gasteiger partial charge in [0, 0.05) is 6.20 Å². The molecule has 0 aromatic heterocycles. The topological polar surface area (TPSA) is 67.6 Å². The molecule has 5 heteroatoms. The maximum atomic E-state index is 11.7. The fourth-order valence-corrected chi connectivity index (χ4v) is 0.379. The molecule has 0 radical (unpaired) electrons. The van der Waals surface area contributed by atoms with Crippen LogP contribution in [0.5, 0.6) is 0 Å². The molecule has 0 saturated heterocycles. The number of nitrogens with two attached hydrogens (primary N) is 2. The van der Waals surface area contributed by atoms with Crippen molar-refractivity contribution in [3.05, 3.63) is 24.2 Å². The van der Waals surface area contributed by atoms with Gasteiger partial charge in [-0.3, -0.25) is 10.0 Å². The van der Waals surface area contributed by atoms with Crippen LogP contribution in [0.4, 0.5) is 4.39 Å². The molecule has 0 aromatic rings. The Morgan fingerprint density at radius 2 is 2.27 bits per heavy atom. The third-order valence-electron chi connectivity index (χ3n) is 0.967. The van der Waals surface area contributed by atoms with E-state index in [-0.39, 0.29) is 11.4 Å². The van der Waals surface area contributed by atoms with Crippen LogP contribution in [0.15, 0.2) is 29.2 Å². The van der Waals surface area contributed by atoms with E-state index >= 15 is 0 Å². The zero-order valence-electron chi connectivity index (χ0n) is 6.13. The van der Waals surface area contributed by atoms with E-state index in [0.717, 1.165) is 5.01 Å². The largest absolute Gasteiger partial charge is 0.396 e. The van der Waals surface area contributed by atoms with E-state index in [1.165, 1.54) is 6.20 Å². The van der Waals surface area contributed by atoms with Crippen LogP contribution in [-0.2, 0) is 0 Å². The number of hydrogen-bond donors (Lipinski definition) is 2. The first-order valence-electron chi connectivity index (χ1n) is 2.82. The molecule has 0 rings (SSSR count). The SMILES string of the molecule is C=NC(=C)/C(N)=C/N(N)CF. The third kappa shape index (κ3) is 3.36. The van der Waals surface area contributed by atoms with Gasteiger partial charge in [0.1, 0.15) is 0 Å². The highest BCUT2D eigenvalue weighted by atomic mass is 19.1. The number of halogens is 1. The molecule has 0 spiro atoms. The molecular weight excluding hydrogens is 147 g/mol. The van der Waals surface area contributed by atoms with Crippen molar-refractivity contribution >= 4 is 6.72 Å². The summed E-state index contributed by atoms with van der Waals surface area (Å²) in [6.07, 6.45) is 1.19. The second kappa shape index (κ2) is 4.45.